The Kier molecular flexibility index (Phi) is 5.54. The molecule has 218 valence electrons. The molecule has 1 aliphatic carbocycles. The van der Waals surface area contributed by atoms with Crippen LogP contribution in [0.25, 0.3) is 94.7 Å². The summed E-state index contributed by atoms with van der Waals surface area (Å²) in [6.07, 6.45) is 0. The molecule has 9 aromatic rings. The van der Waals surface area contributed by atoms with E-state index < -0.39 is 0 Å². The minimum absolute atomic E-state index is 0.649. The van der Waals surface area contributed by atoms with Gasteiger partial charge in [0.2, 0.25) is 0 Å². The van der Waals surface area contributed by atoms with Crippen molar-refractivity contribution < 1.29 is 0 Å². The number of hydrogen-bond acceptors (Lipinski definition) is 3. The fourth-order valence-electron chi connectivity index (χ4n) is 7.25. The fourth-order valence-corrected chi connectivity index (χ4v) is 7.25. The van der Waals surface area contributed by atoms with E-state index in [9.17, 15) is 0 Å². The van der Waals surface area contributed by atoms with Crippen molar-refractivity contribution in [2.75, 3.05) is 0 Å². The maximum Gasteiger partial charge on any atom is 0.164 e. The highest BCUT2D eigenvalue weighted by atomic mass is 15.0. The van der Waals surface area contributed by atoms with Crippen molar-refractivity contribution in [1.82, 2.24) is 19.5 Å². The Labute approximate surface area is 271 Å². The first-order valence-corrected chi connectivity index (χ1v) is 15.9. The number of nitrogens with zero attached hydrogens (tertiary/aromatic N) is 4. The van der Waals surface area contributed by atoms with Crippen LogP contribution in [0.2, 0.25) is 0 Å². The fraction of sp³-hybridized carbons (Fsp3) is 0. The topological polar surface area (TPSA) is 43.6 Å². The van der Waals surface area contributed by atoms with Gasteiger partial charge < -0.3 is 4.57 Å². The quantitative estimate of drug-likeness (QED) is 0.198. The summed E-state index contributed by atoms with van der Waals surface area (Å²) in [5.74, 6) is 1.96. The summed E-state index contributed by atoms with van der Waals surface area (Å²) in [6, 6.07) is 55.4. The molecule has 0 fully saturated rings. The van der Waals surface area contributed by atoms with Gasteiger partial charge in [0.25, 0.3) is 0 Å². The number of benzene rings is 7. The van der Waals surface area contributed by atoms with Crippen LogP contribution in [0.5, 0.6) is 0 Å². The first kappa shape index (κ1) is 25.9. The van der Waals surface area contributed by atoms with E-state index in [0.29, 0.717) is 17.5 Å². The molecule has 0 saturated carbocycles. The smallest absolute Gasteiger partial charge is 0.164 e. The highest BCUT2D eigenvalue weighted by Crippen LogP contribution is 2.49. The van der Waals surface area contributed by atoms with Crippen LogP contribution >= 0.6 is 0 Å². The van der Waals surface area contributed by atoms with Crippen molar-refractivity contribution in [3.05, 3.63) is 158 Å². The highest BCUT2D eigenvalue weighted by Gasteiger charge is 2.24. The Morgan fingerprint density at radius 2 is 0.872 bits per heavy atom. The molecular weight excluding hydrogens is 573 g/mol. The number of fused-ring (bicyclic) bond motifs is 1. The third kappa shape index (κ3) is 3.98. The monoisotopic (exact) mass is 598 g/mol. The molecule has 7 aromatic carbocycles. The van der Waals surface area contributed by atoms with Crippen LogP contribution in [0.15, 0.2) is 158 Å². The van der Waals surface area contributed by atoms with Gasteiger partial charge in [0.05, 0.1) is 11.0 Å². The first-order chi connectivity index (χ1) is 23.3. The molecule has 0 saturated heterocycles. The van der Waals surface area contributed by atoms with Gasteiger partial charge in [0.15, 0.2) is 17.5 Å². The summed E-state index contributed by atoms with van der Waals surface area (Å²) in [7, 11) is 0. The predicted octanol–water partition coefficient (Wildman–Crippen LogP) is 10.8. The van der Waals surface area contributed by atoms with E-state index in [1.165, 1.54) is 43.7 Å². The first-order valence-electron chi connectivity index (χ1n) is 15.9. The van der Waals surface area contributed by atoms with E-state index in [0.717, 1.165) is 33.5 Å². The predicted molar refractivity (Wildman–Crippen MR) is 192 cm³/mol. The van der Waals surface area contributed by atoms with E-state index >= 15 is 0 Å². The van der Waals surface area contributed by atoms with Gasteiger partial charge in [-0.1, -0.05) is 127 Å². The third-order valence-electron chi connectivity index (χ3n) is 9.35. The number of aromatic nitrogens is 4. The molecule has 4 heteroatoms. The molecule has 0 unspecified atom stereocenters. The molecule has 0 aliphatic heterocycles. The Hall–Kier alpha value is -6.39. The minimum Gasteiger partial charge on any atom is -0.309 e. The lowest BCUT2D eigenvalue weighted by atomic mass is 10.0. The zero-order valence-electron chi connectivity index (χ0n) is 25.3. The molecule has 10 rings (SSSR count). The molecule has 0 spiro atoms. The lowest BCUT2D eigenvalue weighted by Crippen LogP contribution is -2.00. The summed E-state index contributed by atoms with van der Waals surface area (Å²) >= 11 is 0. The number of rotatable bonds is 5. The molecule has 0 radical (unpaired) electrons. The summed E-state index contributed by atoms with van der Waals surface area (Å²) in [4.78, 5) is 14.8. The van der Waals surface area contributed by atoms with Crippen molar-refractivity contribution in [3.63, 3.8) is 0 Å². The minimum atomic E-state index is 0.649. The van der Waals surface area contributed by atoms with Crippen LogP contribution in [0.3, 0.4) is 0 Å². The summed E-state index contributed by atoms with van der Waals surface area (Å²) in [5, 5.41) is 5.36. The standard InChI is InChI=1S/C43H26N4/c1-3-11-28(12-4-1)41-44-42(29-13-5-2-6-14-29)46-43(45-41)32-18-7-16-30(25-32)31-17-8-19-33(26-31)47-36-22-10-21-35-34-20-9-15-27-23-24-37(47)40(38(27)34)39(35)36/h1-26H. The van der Waals surface area contributed by atoms with Gasteiger partial charge in [0.1, 0.15) is 0 Å². The van der Waals surface area contributed by atoms with Gasteiger partial charge in [-0.25, -0.2) is 15.0 Å². The average molecular weight is 599 g/mol. The summed E-state index contributed by atoms with van der Waals surface area (Å²) in [5.41, 5.74) is 11.4. The zero-order chi connectivity index (χ0) is 30.9. The van der Waals surface area contributed by atoms with Crippen LogP contribution in [0, 0.1) is 0 Å². The zero-order valence-corrected chi connectivity index (χ0v) is 25.3. The van der Waals surface area contributed by atoms with Crippen molar-refractivity contribution in [1.29, 1.82) is 0 Å². The van der Waals surface area contributed by atoms with Crippen molar-refractivity contribution in [2.45, 2.75) is 0 Å². The highest BCUT2D eigenvalue weighted by molar-refractivity contribution is 6.33. The normalized spacial score (nSPS) is 11.8. The van der Waals surface area contributed by atoms with Gasteiger partial charge >= 0.3 is 0 Å². The molecule has 0 amide bonds. The van der Waals surface area contributed by atoms with Gasteiger partial charge in [-0.2, -0.15) is 0 Å². The Morgan fingerprint density at radius 1 is 0.340 bits per heavy atom. The van der Waals surface area contributed by atoms with Gasteiger partial charge in [-0.05, 0) is 63.4 Å². The molecule has 0 bridgehead atoms. The van der Waals surface area contributed by atoms with Crippen LogP contribution < -0.4 is 0 Å². The summed E-state index contributed by atoms with van der Waals surface area (Å²) in [6.45, 7) is 0. The van der Waals surface area contributed by atoms with E-state index in [2.05, 4.69) is 102 Å². The van der Waals surface area contributed by atoms with Crippen molar-refractivity contribution in [3.8, 4) is 62.1 Å². The molecule has 2 aromatic heterocycles. The number of hydrogen-bond donors (Lipinski definition) is 0. The molecule has 4 nitrogen and oxygen atoms in total. The van der Waals surface area contributed by atoms with Gasteiger partial charge in [-0.15, -0.1) is 0 Å². The molecular formula is C43H26N4. The molecule has 2 heterocycles. The Balaban J connectivity index is 1.11. The van der Waals surface area contributed by atoms with Gasteiger partial charge in [-0.3, -0.25) is 0 Å². The second-order valence-corrected chi connectivity index (χ2v) is 12.1. The SMILES string of the molecule is c1ccc(-c2nc(-c3ccccc3)nc(-c3cccc(-c4cccc(-n5c6cccc7c6c6c8c-7cccc8ccc65)c4)c3)n2)cc1. The van der Waals surface area contributed by atoms with E-state index in [1.807, 2.05) is 60.7 Å². The van der Waals surface area contributed by atoms with E-state index in [4.69, 9.17) is 15.0 Å². The lowest BCUT2D eigenvalue weighted by Gasteiger charge is -2.13. The van der Waals surface area contributed by atoms with E-state index in [-0.39, 0.29) is 0 Å². The van der Waals surface area contributed by atoms with Crippen LogP contribution in [-0.2, 0) is 0 Å². The van der Waals surface area contributed by atoms with Gasteiger partial charge in [0, 0.05) is 33.2 Å². The molecule has 0 atom stereocenters. The molecule has 0 N–H and O–H groups in total. The average Bonchev–Trinajstić information content (AvgIpc) is 3.68. The van der Waals surface area contributed by atoms with Crippen molar-refractivity contribution >= 4 is 32.6 Å². The molecule has 1 aliphatic rings. The summed E-state index contributed by atoms with van der Waals surface area (Å²) < 4.78 is 2.42. The van der Waals surface area contributed by atoms with Crippen LogP contribution in [0.4, 0.5) is 0 Å². The Bertz CT molecular complexity index is 2620. The second-order valence-electron chi connectivity index (χ2n) is 12.1. The lowest BCUT2D eigenvalue weighted by molar-refractivity contribution is 1.07. The van der Waals surface area contributed by atoms with Crippen molar-refractivity contribution in [2.24, 2.45) is 0 Å². The largest absolute Gasteiger partial charge is 0.309 e. The van der Waals surface area contributed by atoms with Crippen LogP contribution in [-0.4, -0.2) is 19.5 Å². The molecule has 47 heavy (non-hydrogen) atoms. The van der Waals surface area contributed by atoms with E-state index in [1.54, 1.807) is 0 Å². The Morgan fingerprint density at radius 3 is 1.60 bits per heavy atom. The van der Waals surface area contributed by atoms with Crippen LogP contribution in [0.1, 0.15) is 0 Å². The maximum absolute atomic E-state index is 4.96. The maximum atomic E-state index is 4.96. The second kappa shape index (κ2) is 10.1. The third-order valence-corrected chi connectivity index (χ3v) is 9.35.